The van der Waals surface area contributed by atoms with Crippen molar-refractivity contribution in [2.75, 3.05) is 25.4 Å². The number of nitrogens with two attached hydrogens (primary N) is 1. The lowest BCUT2D eigenvalue weighted by atomic mass is 10.0. The van der Waals surface area contributed by atoms with Crippen LogP contribution in [0.5, 0.6) is 0 Å². The summed E-state index contributed by atoms with van der Waals surface area (Å²) in [7, 11) is 0. The van der Waals surface area contributed by atoms with Gasteiger partial charge in [0.15, 0.2) is 0 Å². The van der Waals surface area contributed by atoms with Crippen LogP contribution in [0.1, 0.15) is 54.4 Å². The van der Waals surface area contributed by atoms with E-state index in [0.29, 0.717) is 13.0 Å². The molecule has 0 heterocycles. The Kier molecular flexibility index (Phi) is 9.80. The number of rotatable bonds is 10. The van der Waals surface area contributed by atoms with E-state index in [-0.39, 0.29) is 28.7 Å². The van der Waals surface area contributed by atoms with Crippen molar-refractivity contribution in [3.63, 3.8) is 0 Å². The summed E-state index contributed by atoms with van der Waals surface area (Å²) in [6, 6.07) is 0. The van der Waals surface area contributed by atoms with Crippen molar-refractivity contribution >= 4 is 23.6 Å². The highest BCUT2D eigenvalue weighted by Gasteiger charge is 2.28. The minimum atomic E-state index is -0.210. The molecular weight excluding hydrogens is 314 g/mol. The maximum atomic E-state index is 12.1. The third-order valence-electron chi connectivity index (χ3n) is 3.48. The highest BCUT2D eigenvalue weighted by molar-refractivity contribution is 8.00. The predicted molar refractivity (Wildman–Crippen MR) is 96.1 cm³/mol. The van der Waals surface area contributed by atoms with Crippen molar-refractivity contribution in [2.24, 2.45) is 5.90 Å². The zero-order valence-electron chi connectivity index (χ0n) is 15.4. The van der Waals surface area contributed by atoms with Gasteiger partial charge in [-0.25, -0.2) is 5.90 Å². The third-order valence-corrected chi connectivity index (χ3v) is 4.88. The fraction of sp³-hybridized carbons (Fsp3) is 0.875. The van der Waals surface area contributed by atoms with Crippen LogP contribution >= 0.6 is 11.8 Å². The minimum absolute atomic E-state index is 0.0343. The van der Waals surface area contributed by atoms with Crippen molar-refractivity contribution in [1.29, 1.82) is 0 Å². The van der Waals surface area contributed by atoms with E-state index < -0.39 is 0 Å². The van der Waals surface area contributed by atoms with E-state index in [1.165, 1.54) is 0 Å². The van der Waals surface area contributed by atoms with E-state index in [1.54, 1.807) is 11.8 Å². The zero-order chi connectivity index (χ0) is 18.1. The minimum Gasteiger partial charge on any atom is -0.353 e. The molecule has 0 aliphatic heterocycles. The molecule has 0 aromatic rings. The van der Waals surface area contributed by atoms with Crippen LogP contribution in [0, 0.1) is 0 Å². The fourth-order valence-electron chi connectivity index (χ4n) is 2.12. The molecule has 0 aliphatic carbocycles. The van der Waals surface area contributed by atoms with Crippen LogP contribution < -0.4 is 11.2 Å². The van der Waals surface area contributed by atoms with Crippen molar-refractivity contribution in [3.05, 3.63) is 0 Å². The van der Waals surface area contributed by atoms with Crippen LogP contribution in [-0.4, -0.2) is 52.4 Å². The Bertz CT molecular complexity index is 381. The summed E-state index contributed by atoms with van der Waals surface area (Å²) in [5, 5.41) is 2.74. The molecule has 23 heavy (non-hydrogen) atoms. The molecule has 0 atom stereocenters. The molecule has 0 unspecified atom stereocenters. The SMILES string of the molecule is CCC(=O)N(CCC(C)(C)SCCNC(=O)CON)C(C)(C)C. The largest absolute Gasteiger partial charge is 0.353 e. The first-order valence-electron chi connectivity index (χ1n) is 8.06. The Morgan fingerprint density at radius 1 is 1.22 bits per heavy atom. The van der Waals surface area contributed by atoms with E-state index in [0.717, 1.165) is 18.7 Å². The molecule has 0 saturated heterocycles. The Hall–Kier alpha value is -0.790. The molecule has 6 nitrogen and oxygen atoms in total. The van der Waals surface area contributed by atoms with Gasteiger partial charge in [0.2, 0.25) is 11.8 Å². The van der Waals surface area contributed by atoms with Crippen molar-refractivity contribution in [1.82, 2.24) is 10.2 Å². The van der Waals surface area contributed by atoms with Gasteiger partial charge in [0.05, 0.1) is 0 Å². The van der Waals surface area contributed by atoms with Gasteiger partial charge in [0.1, 0.15) is 6.61 Å². The lowest BCUT2D eigenvalue weighted by Gasteiger charge is -2.38. The maximum Gasteiger partial charge on any atom is 0.248 e. The average Bonchev–Trinajstić information content (AvgIpc) is 2.42. The second-order valence-electron chi connectivity index (χ2n) is 7.09. The molecule has 7 heteroatoms. The fourth-order valence-corrected chi connectivity index (χ4v) is 3.12. The first kappa shape index (κ1) is 22.2. The topological polar surface area (TPSA) is 84.7 Å². The van der Waals surface area contributed by atoms with Crippen LogP contribution in [0.25, 0.3) is 0 Å². The highest BCUT2D eigenvalue weighted by atomic mass is 32.2. The molecule has 0 rings (SSSR count). The lowest BCUT2D eigenvalue weighted by Crippen LogP contribution is -2.47. The monoisotopic (exact) mass is 347 g/mol. The number of carbonyl (C=O) groups excluding carboxylic acids is 2. The summed E-state index contributed by atoms with van der Waals surface area (Å²) < 4.78 is 0.0343. The summed E-state index contributed by atoms with van der Waals surface area (Å²) in [6.07, 6.45) is 1.43. The molecule has 2 amide bonds. The van der Waals surface area contributed by atoms with Gasteiger partial charge in [-0.1, -0.05) is 20.8 Å². The molecule has 0 radical (unpaired) electrons. The number of hydrogen-bond donors (Lipinski definition) is 2. The van der Waals surface area contributed by atoms with Gasteiger partial charge < -0.3 is 10.2 Å². The van der Waals surface area contributed by atoms with Crippen molar-refractivity contribution in [2.45, 2.75) is 64.7 Å². The second kappa shape index (κ2) is 10.2. The Morgan fingerprint density at radius 2 is 1.83 bits per heavy atom. The van der Waals surface area contributed by atoms with Crippen LogP contribution in [-0.2, 0) is 14.4 Å². The summed E-state index contributed by atoms with van der Waals surface area (Å²) in [5.74, 6) is 5.63. The number of nitrogens with zero attached hydrogens (tertiary/aromatic N) is 1. The quantitative estimate of drug-likeness (QED) is 0.466. The van der Waals surface area contributed by atoms with Gasteiger partial charge in [0, 0.05) is 35.5 Å². The number of carbonyl (C=O) groups is 2. The van der Waals surface area contributed by atoms with E-state index in [4.69, 9.17) is 5.90 Å². The second-order valence-corrected chi connectivity index (χ2v) is 8.89. The Morgan fingerprint density at radius 3 is 2.30 bits per heavy atom. The lowest BCUT2D eigenvalue weighted by molar-refractivity contribution is -0.135. The number of hydrogen-bond acceptors (Lipinski definition) is 5. The first-order chi connectivity index (χ1) is 10.5. The van der Waals surface area contributed by atoms with Crippen LogP contribution in [0.15, 0.2) is 0 Å². The summed E-state index contributed by atoms with van der Waals surface area (Å²) in [5.41, 5.74) is -0.163. The standard InChI is InChI=1S/C16H33N3O3S/c1-7-14(21)19(15(2,3)4)10-8-16(5,6)23-11-9-18-13(20)12-22-17/h7-12,17H2,1-6H3,(H,18,20). The Balaban J connectivity index is 4.29. The van der Waals surface area contributed by atoms with Crippen LogP contribution in [0.2, 0.25) is 0 Å². The smallest absolute Gasteiger partial charge is 0.248 e. The van der Waals surface area contributed by atoms with Crippen molar-refractivity contribution < 1.29 is 14.4 Å². The molecule has 0 spiro atoms. The molecule has 0 bridgehead atoms. The Labute approximate surface area is 144 Å². The zero-order valence-corrected chi connectivity index (χ0v) is 16.2. The van der Waals surface area contributed by atoms with Gasteiger partial charge in [-0.3, -0.25) is 14.4 Å². The van der Waals surface area contributed by atoms with E-state index in [9.17, 15) is 9.59 Å². The van der Waals surface area contributed by atoms with Gasteiger partial charge in [0.25, 0.3) is 0 Å². The van der Waals surface area contributed by atoms with E-state index in [1.807, 2.05) is 11.8 Å². The maximum absolute atomic E-state index is 12.1. The third kappa shape index (κ3) is 9.84. The van der Waals surface area contributed by atoms with E-state index >= 15 is 0 Å². The molecule has 0 saturated carbocycles. The van der Waals surface area contributed by atoms with Crippen molar-refractivity contribution in [3.8, 4) is 0 Å². The summed E-state index contributed by atoms with van der Waals surface area (Å²) >= 11 is 1.79. The van der Waals surface area contributed by atoms with Gasteiger partial charge in [-0.05, 0) is 27.2 Å². The van der Waals surface area contributed by atoms with Crippen LogP contribution in [0.4, 0.5) is 0 Å². The molecular formula is C16H33N3O3S. The predicted octanol–water partition coefficient (Wildman–Crippen LogP) is 1.93. The molecule has 0 aromatic carbocycles. The van der Waals surface area contributed by atoms with Gasteiger partial charge in [-0.2, -0.15) is 11.8 Å². The number of amides is 2. The molecule has 136 valence electrons. The van der Waals surface area contributed by atoms with Gasteiger partial charge >= 0.3 is 0 Å². The normalized spacial score (nSPS) is 12.1. The van der Waals surface area contributed by atoms with Crippen LogP contribution in [0.3, 0.4) is 0 Å². The molecule has 3 N–H and O–H groups in total. The molecule has 0 fully saturated rings. The molecule has 0 aliphatic rings. The highest BCUT2D eigenvalue weighted by Crippen LogP contribution is 2.29. The van der Waals surface area contributed by atoms with E-state index in [2.05, 4.69) is 44.8 Å². The first-order valence-corrected chi connectivity index (χ1v) is 9.05. The summed E-state index contributed by atoms with van der Waals surface area (Å²) in [6.45, 7) is 13.6. The molecule has 0 aromatic heterocycles. The number of thioether (sulfide) groups is 1. The van der Waals surface area contributed by atoms with Gasteiger partial charge in [-0.15, -0.1) is 0 Å². The summed E-state index contributed by atoms with van der Waals surface area (Å²) in [4.78, 5) is 29.6. The number of nitrogens with one attached hydrogen (secondary N) is 1. The average molecular weight is 348 g/mol.